The maximum Gasteiger partial charge on any atom is 0.147 e. The zero-order valence-corrected chi connectivity index (χ0v) is 17.7. The highest BCUT2D eigenvalue weighted by Gasteiger charge is 2.20. The fourth-order valence-electron chi connectivity index (χ4n) is 4.58. The van der Waals surface area contributed by atoms with Crippen molar-refractivity contribution >= 4 is 21.8 Å². The van der Waals surface area contributed by atoms with Crippen LogP contribution in [0.4, 0.5) is 4.39 Å². The van der Waals surface area contributed by atoms with Crippen molar-refractivity contribution in [1.29, 1.82) is 0 Å². The second-order valence-electron chi connectivity index (χ2n) is 8.23. The molecule has 0 N–H and O–H groups in total. The number of hydrogen-bond donors (Lipinski definition) is 0. The van der Waals surface area contributed by atoms with E-state index in [0.717, 1.165) is 23.7 Å². The number of benzene rings is 2. The molecule has 1 atom stereocenters. The van der Waals surface area contributed by atoms with E-state index in [2.05, 4.69) is 48.7 Å². The summed E-state index contributed by atoms with van der Waals surface area (Å²) in [6.07, 6.45) is 13.8. The van der Waals surface area contributed by atoms with E-state index in [1.807, 2.05) is 6.07 Å². The van der Waals surface area contributed by atoms with E-state index >= 15 is 0 Å². The third kappa shape index (κ3) is 4.77. The van der Waals surface area contributed by atoms with Gasteiger partial charge in [-0.05, 0) is 25.0 Å². The first kappa shape index (κ1) is 20.9. The van der Waals surface area contributed by atoms with Gasteiger partial charge in [-0.3, -0.25) is 0 Å². The minimum Gasteiger partial charge on any atom is -0.335 e. The van der Waals surface area contributed by atoms with Crippen molar-refractivity contribution in [2.75, 3.05) is 0 Å². The predicted molar refractivity (Wildman–Crippen MR) is 121 cm³/mol. The molecule has 28 heavy (non-hydrogen) atoms. The van der Waals surface area contributed by atoms with Gasteiger partial charge >= 0.3 is 0 Å². The van der Waals surface area contributed by atoms with Crippen LogP contribution in [-0.2, 0) is 0 Å². The van der Waals surface area contributed by atoms with Gasteiger partial charge in [-0.1, -0.05) is 102 Å². The summed E-state index contributed by atoms with van der Waals surface area (Å²) < 4.78 is 17.3. The first-order valence-corrected chi connectivity index (χ1v) is 11.4. The van der Waals surface area contributed by atoms with Crippen LogP contribution in [-0.4, -0.2) is 4.57 Å². The topological polar surface area (TPSA) is 4.93 Å². The summed E-state index contributed by atoms with van der Waals surface area (Å²) in [6.45, 7) is 4.52. The Labute approximate surface area is 169 Å². The zero-order chi connectivity index (χ0) is 19.8. The highest BCUT2D eigenvalue weighted by molar-refractivity contribution is 6.08. The Kier molecular flexibility index (Phi) is 7.94. The number of unbranched alkanes of at least 4 members (excludes halogenated alkanes) is 7. The van der Waals surface area contributed by atoms with E-state index in [0.29, 0.717) is 6.04 Å². The molecular weight excluding hydrogens is 345 g/mol. The molecule has 3 aromatic rings. The molecule has 2 aromatic carbocycles. The van der Waals surface area contributed by atoms with Crippen LogP contribution in [0.25, 0.3) is 21.8 Å². The van der Waals surface area contributed by atoms with Crippen LogP contribution in [0.2, 0.25) is 0 Å². The smallest absolute Gasteiger partial charge is 0.147 e. The fraction of sp³-hybridized carbons (Fsp3) is 0.538. The monoisotopic (exact) mass is 381 g/mol. The van der Waals surface area contributed by atoms with Crippen LogP contribution >= 0.6 is 0 Å². The average Bonchev–Trinajstić information content (AvgIpc) is 3.05. The minimum atomic E-state index is -0.0850. The molecule has 0 bridgehead atoms. The molecule has 0 aliphatic heterocycles. The molecule has 0 aliphatic rings. The van der Waals surface area contributed by atoms with Crippen molar-refractivity contribution < 1.29 is 4.39 Å². The molecule has 1 nitrogen and oxygen atoms in total. The Hall–Kier alpha value is -1.83. The molecule has 2 heteroatoms. The number of rotatable bonds is 12. The fourth-order valence-corrected chi connectivity index (χ4v) is 4.58. The maximum atomic E-state index is 15.0. The number of hydrogen-bond acceptors (Lipinski definition) is 0. The van der Waals surface area contributed by atoms with Crippen LogP contribution in [0.1, 0.15) is 90.5 Å². The van der Waals surface area contributed by atoms with Gasteiger partial charge in [-0.2, -0.15) is 0 Å². The molecule has 0 amide bonds. The quantitative estimate of drug-likeness (QED) is 0.276. The number of aromatic nitrogens is 1. The number of fused-ring (bicyclic) bond motifs is 3. The third-order valence-electron chi connectivity index (χ3n) is 6.08. The van der Waals surface area contributed by atoms with Gasteiger partial charge in [-0.15, -0.1) is 0 Å². The highest BCUT2D eigenvalue weighted by atomic mass is 19.1. The number of nitrogens with zero attached hydrogens (tertiary/aromatic N) is 1. The summed E-state index contributed by atoms with van der Waals surface area (Å²) in [6, 6.07) is 14.4. The van der Waals surface area contributed by atoms with Crippen molar-refractivity contribution in [3.05, 3.63) is 48.3 Å². The van der Waals surface area contributed by atoms with Gasteiger partial charge in [0.1, 0.15) is 5.82 Å². The summed E-state index contributed by atoms with van der Waals surface area (Å²) in [4.78, 5) is 0. The van der Waals surface area contributed by atoms with E-state index in [4.69, 9.17) is 0 Å². The van der Waals surface area contributed by atoms with Gasteiger partial charge in [0.2, 0.25) is 0 Å². The first-order chi connectivity index (χ1) is 13.8. The maximum absolute atomic E-state index is 15.0. The van der Waals surface area contributed by atoms with Crippen molar-refractivity contribution in [3.8, 4) is 0 Å². The number of halogens is 1. The van der Waals surface area contributed by atoms with Crippen LogP contribution in [0.3, 0.4) is 0 Å². The summed E-state index contributed by atoms with van der Waals surface area (Å²) in [5, 5.41) is 2.24. The second-order valence-corrected chi connectivity index (χ2v) is 8.23. The number of para-hydroxylation sites is 2. The molecule has 1 unspecified atom stereocenters. The lowest BCUT2D eigenvalue weighted by atomic mass is 10.00. The molecule has 152 valence electrons. The standard InChI is InChI=1S/C26H36FN/c1-3-5-7-9-11-16-21(15-10-8-6-4-2)28-25-20-13-12-17-22(25)23-18-14-19-24(27)26(23)28/h12-14,17-21H,3-11,15-16H2,1-2H3. The van der Waals surface area contributed by atoms with E-state index in [1.165, 1.54) is 68.7 Å². The Morgan fingerprint density at radius 1 is 0.714 bits per heavy atom. The van der Waals surface area contributed by atoms with E-state index in [-0.39, 0.29) is 5.82 Å². The third-order valence-corrected chi connectivity index (χ3v) is 6.08. The zero-order valence-electron chi connectivity index (χ0n) is 17.7. The van der Waals surface area contributed by atoms with E-state index in [1.54, 1.807) is 6.07 Å². The molecule has 1 heterocycles. The van der Waals surface area contributed by atoms with Crippen molar-refractivity contribution in [2.24, 2.45) is 0 Å². The van der Waals surface area contributed by atoms with Gasteiger partial charge in [0.25, 0.3) is 0 Å². The van der Waals surface area contributed by atoms with Crippen molar-refractivity contribution in [3.63, 3.8) is 0 Å². The largest absolute Gasteiger partial charge is 0.335 e. The van der Waals surface area contributed by atoms with Crippen molar-refractivity contribution in [2.45, 2.75) is 90.5 Å². The van der Waals surface area contributed by atoms with Gasteiger partial charge < -0.3 is 4.57 Å². The summed E-state index contributed by atoms with van der Waals surface area (Å²) in [5.74, 6) is -0.0850. The molecule has 0 spiro atoms. The highest BCUT2D eigenvalue weighted by Crippen LogP contribution is 2.36. The average molecular weight is 382 g/mol. The Morgan fingerprint density at radius 2 is 1.32 bits per heavy atom. The van der Waals surface area contributed by atoms with Crippen LogP contribution in [0.5, 0.6) is 0 Å². The summed E-state index contributed by atoms with van der Waals surface area (Å²) >= 11 is 0. The van der Waals surface area contributed by atoms with Crippen LogP contribution < -0.4 is 0 Å². The second kappa shape index (κ2) is 10.6. The lowest BCUT2D eigenvalue weighted by Crippen LogP contribution is -2.10. The lowest BCUT2D eigenvalue weighted by Gasteiger charge is -2.22. The molecule has 3 rings (SSSR count). The first-order valence-electron chi connectivity index (χ1n) is 11.4. The van der Waals surface area contributed by atoms with Gasteiger partial charge in [-0.25, -0.2) is 4.39 Å². The molecule has 0 saturated carbocycles. The van der Waals surface area contributed by atoms with Crippen LogP contribution in [0, 0.1) is 5.82 Å². The Bertz CT molecular complexity index is 863. The minimum absolute atomic E-state index is 0.0850. The van der Waals surface area contributed by atoms with Gasteiger partial charge in [0.15, 0.2) is 0 Å². The molecule has 0 radical (unpaired) electrons. The summed E-state index contributed by atoms with van der Waals surface area (Å²) in [7, 11) is 0. The molecule has 1 aromatic heterocycles. The van der Waals surface area contributed by atoms with Gasteiger partial charge in [0.05, 0.1) is 5.52 Å². The molecule has 0 saturated heterocycles. The molecular formula is C26H36FN. The molecule has 0 aliphatic carbocycles. The normalized spacial score (nSPS) is 12.8. The van der Waals surface area contributed by atoms with Crippen molar-refractivity contribution in [1.82, 2.24) is 4.57 Å². The molecule has 0 fully saturated rings. The van der Waals surface area contributed by atoms with E-state index < -0.39 is 0 Å². The predicted octanol–water partition coefficient (Wildman–Crippen LogP) is 8.81. The van der Waals surface area contributed by atoms with Gasteiger partial charge in [0, 0.05) is 22.3 Å². The van der Waals surface area contributed by atoms with Crippen LogP contribution in [0.15, 0.2) is 42.5 Å². The lowest BCUT2D eigenvalue weighted by molar-refractivity contribution is 0.409. The summed E-state index contributed by atoms with van der Waals surface area (Å²) in [5.41, 5.74) is 1.99. The SMILES string of the molecule is CCCCCCCC(CCCCCC)n1c2ccccc2c2cccc(F)c21. The Balaban J connectivity index is 1.93. The Morgan fingerprint density at radius 3 is 2.04 bits per heavy atom. The van der Waals surface area contributed by atoms with E-state index in [9.17, 15) is 4.39 Å².